The second-order valence-corrected chi connectivity index (χ2v) is 3.74. The fourth-order valence-electron chi connectivity index (χ4n) is 1.00. The Morgan fingerprint density at radius 1 is 1.58 bits per heavy atom. The predicted octanol–water partition coefficient (Wildman–Crippen LogP) is 2.01. The van der Waals surface area contributed by atoms with Gasteiger partial charge in [0.05, 0.1) is 4.88 Å². The topological polar surface area (TPSA) is 20.3 Å². The highest BCUT2D eigenvalue weighted by Gasteiger charge is 2.12. The molecule has 0 aromatic carbocycles. The first-order valence-corrected chi connectivity index (χ1v) is 4.82. The van der Waals surface area contributed by atoms with E-state index in [1.54, 1.807) is 19.0 Å². The minimum absolute atomic E-state index is 0.113. The van der Waals surface area contributed by atoms with Gasteiger partial charge in [0.15, 0.2) is 0 Å². The number of thiophene rings is 1. The van der Waals surface area contributed by atoms with Crippen molar-refractivity contribution in [3.8, 4) is 0 Å². The van der Waals surface area contributed by atoms with Crippen molar-refractivity contribution in [1.29, 1.82) is 0 Å². The minimum Gasteiger partial charge on any atom is -0.344 e. The number of nitrogens with zero attached hydrogens (tertiary/aromatic N) is 1. The Morgan fingerprint density at radius 2 is 2.25 bits per heavy atom. The van der Waals surface area contributed by atoms with Gasteiger partial charge in [0.25, 0.3) is 5.91 Å². The molecule has 0 bridgehead atoms. The van der Waals surface area contributed by atoms with Crippen LogP contribution in [0.1, 0.15) is 22.2 Å². The van der Waals surface area contributed by atoms with E-state index >= 15 is 0 Å². The van der Waals surface area contributed by atoms with Crippen LogP contribution in [0.4, 0.5) is 0 Å². The highest BCUT2D eigenvalue weighted by Crippen LogP contribution is 2.18. The van der Waals surface area contributed by atoms with Crippen LogP contribution in [0.25, 0.3) is 0 Å². The maximum Gasteiger partial charge on any atom is 0.263 e. The maximum atomic E-state index is 11.5. The van der Waals surface area contributed by atoms with E-state index in [4.69, 9.17) is 0 Å². The average Bonchev–Trinajstić information content (AvgIpc) is 2.49. The average molecular weight is 183 g/mol. The van der Waals surface area contributed by atoms with Gasteiger partial charge in [0.2, 0.25) is 0 Å². The van der Waals surface area contributed by atoms with Crippen molar-refractivity contribution in [2.24, 2.45) is 0 Å². The molecule has 1 amide bonds. The van der Waals surface area contributed by atoms with E-state index in [-0.39, 0.29) is 5.91 Å². The van der Waals surface area contributed by atoms with Crippen LogP contribution in [0.5, 0.6) is 0 Å². The Balaban J connectivity index is 2.94. The summed E-state index contributed by atoms with van der Waals surface area (Å²) < 4.78 is 0. The van der Waals surface area contributed by atoms with E-state index in [0.717, 1.165) is 16.9 Å². The molecule has 0 aliphatic carbocycles. The van der Waals surface area contributed by atoms with Gasteiger partial charge in [0, 0.05) is 14.1 Å². The summed E-state index contributed by atoms with van der Waals surface area (Å²) in [5.74, 6) is 0.113. The van der Waals surface area contributed by atoms with Crippen molar-refractivity contribution in [3.05, 3.63) is 21.9 Å². The zero-order valence-electron chi connectivity index (χ0n) is 7.63. The molecule has 1 aromatic heterocycles. The van der Waals surface area contributed by atoms with Crippen molar-refractivity contribution >= 4 is 17.2 Å². The Bertz CT molecular complexity index is 278. The number of carbonyl (C=O) groups excluding carboxylic acids is 1. The Labute approximate surface area is 76.8 Å². The van der Waals surface area contributed by atoms with Crippen molar-refractivity contribution in [2.75, 3.05) is 14.1 Å². The molecule has 0 unspecified atom stereocenters. The standard InChI is InChI=1S/C9H13NOS/c1-4-7-5-6-12-8(7)9(11)10(2)3/h5-6H,4H2,1-3H3. The lowest BCUT2D eigenvalue weighted by molar-refractivity contribution is 0.0831. The predicted molar refractivity (Wildman–Crippen MR) is 51.7 cm³/mol. The Morgan fingerprint density at radius 3 is 2.75 bits per heavy atom. The minimum atomic E-state index is 0.113. The summed E-state index contributed by atoms with van der Waals surface area (Å²) in [6, 6.07) is 2.02. The number of carbonyl (C=O) groups is 1. The largest absolute Gasteiger partial charge is 0.344 e. The zero-order chi connectivity index (χ0) is 9.14. The third kappa shape index (κ3) is 1.67. The summed E-state index contributed by atoms with van der Waals surface area (Å²) in [4.78, 5) is 14.0. The molecule has 3 heteroatoms. The molecule has 0 spiro atoms. The van der Waals surface area contributed by atoms with Crippen molar-refractivity contribution in [2.45, 2.75) is 13.3 Å². The van der Waals surface area contributed by atoms with Gasteiger partial charge in [0.1, 0.15) is 0 Å². The number of hydrogen-bond acceptors (Lipinski definition) is 2. The van der Waals surface area contributed by atoms with Crippen molar-refractivity contribution < 1.29 is 4.79 Å². The number of amides is 1. The summed E-state index contributed by atoms with van der Waals surface area (Å²) in [5.41, 5.74) is 1.15. The summed E-state index contributed by atoms with van der Waals surface area (Å²) in [7, 11) is 3.56. The van der Waals surface area contributed by atoms with Gasteiger partial charge in [-0.25, -0.2) is 0 Å². The van der Waals surface area contributed by atoms with Gasteiger partial charge in [-0.05, 0) is 23.4 Å². The molecule has 1 heterocycles. The van der Waals surface area contributed by atoms with Gasteiger partial charge in [-0.15, -0.1) is 11.3 Å². The second-order valence-electron chi connectivity index (χ2n) is 2.83. The van der Waals surface area contributed by atoms with E-state index in [2.05, 4.69) is 6.92 Å². The first kappa shape index (κ1) is 9.26. The lowest BCUT2D eigenvalue weighted by Gasteiger charge is -2.09. The van der Waals surface area contributed by atoms with Crippen LogP contribution >= 0.6 is 11.3 Å². The van der Waals surface area contributed by atoms with E-state index in [1.807, 2.05) is 11.4 Å². The van der Waals surface area contributed by atoms with Crippen LogP contribution in [-0.4, -0.2) is 24.9 Å². The monoisotopic (exact) mass is 183 g/mol. The summed E-state index contributed by atoms with van der Waals surface area (Å²) >= 11 is 1.52. The summed E-state index contributed by atoms with van der Waals surface area (Å²) in [6.45, 7) is 2.06. The van der Waals surface area contributed by atoms with E-state index in [1.165, 1.54) is 11.3 Å². The SMILES string of the molecule is CCc1ccsc1C(=O)N(C)C. The number of hydrogen-bond donors (Lipinski definition) is 0. The zero-order valence-corrected chi connectivity index (χ0v) is 8.44. The molecule has 0 aliphatic rings. The molecule has 0 aliphatic heterocycles. The molecular formula is C9H13NOS. The third-order valence-electron chi connectivity index (χ3n) is 1.73. The highest BCUT2D eigenvalue weighted by molar-refractivity contribution is 7.12. The second kappa shape index (κ2) is 3.72. The molecule has 0 saturated heterocycles. The molecule has 0 radical (unpaired) electrons. The first-order chi connectivity index (χ1) is 5.66. The molecule has 1 rings (SSSR count). The Hall–Kier alpha value is -0.830. The highest BCUT2D eigenvalue weighted by atomic mass is 32.1. The molecule has 66 valence electrons. The van der Waals surface area contributed by atoms with Crippen molar-refractivity contribution in [1.82, 2.24) is 4.90 Å². The number of rotatable bonds is 2. The van der Waals surface area contributed by atoms with Gasteiger partial charge in [-0.2, -0.15) is 0 Å². The Kier molecular flexibility index (Phi) is 2.87. The van der Waals surface area contributed by atoms with E-state index in [0.29, 0.717) is 0 Å². The number of aryl methyl sites for hydroxylation is 1. The van der Waals surface area contributed by atoms with Gasteiger partial charge in [-0.3, -0.25) is 4.79 Å². The lowest BCUT2D eigenvalue weighted by atomic mass is 10.2. The molecule has 0 atom stereocenters. The van der Waals surface area contributed by atoms with Crippen LogP contribution in [0.2, 0.25) is 0 Å². The molecule has 0 saturated carbocycles. The van der Waals surface area contributed by atoms with Gasteiger partial charge < -0.3 is 4.90 Å². The first-order valence-electron chi connectivity index (χ1n) is 3.94. The molecule has 2 nitrogen and oxygen atoms in total. The van der Waals surface area contributed by atoms with Crippen molar-refractivity contribution in [3.63, 3.8) is 0 Å². The normalized spacial score (nSPS) is 9.92. The van der Waals surface area contributed by atoms with Crippen LogP contribution in [0.3, 0.4) is 0 Å². The smallest absolute Gasteiger partial charge is 0.263 e. The summed E-state index contributed by atoms with van der Waals surface area (Å²) in [5, 5.41) is 1.97. The van der Waals surface area contributed by atoms with Crippen LogP contribution in [0.15, 0.2) is 11.4 Å². The fourth-order valence-corrected chi connectivity index (χ4v) is 2.02. The lowest BCUT2D eigenvalue weighted by Crippen LogP contribution is -2.21. The molecular weight excluding hydrogens is 170 g/mol. The van der Waals surface area contributed by atoms with E-state index < -0.39 is 0 Å². The summed E-state index contributed by atoms with van der Waals surface area (Å²) in [6.07, 6.45) is 0.929. The fraction of sp³-hybridized carbons (Fsp3) is 0.444. The van der Waals surface area contributed by atoms with Crippen LogP contribution in [-0.2, 0) is 6.42 Å². The quantitative estimate of drug-likeness (QED) is 0.687. The molecule has 0 N–H and O–H groups in total. The third-order valence-corrected chi connectivity index (χ3v) is 2.67. The molecule has 0 fully saturated rings. The maximum absolute atomic E-state index is 11.5. The van der Waals surface area contributed by atoms with Gasteiger partial charge in [-0.1, -0.05) is 6.92 Å². The van der Waals surface area contributed by atoms with Gasteiger partial charge >= 0.3 is 0 Å². The molecule has 1 aromatic rings. The van der Waals surface area contributed by atoms with Crippen LogP contribution < -0.4 is 0 Å². The van der Waals surface area contributed by atoms with Crippen LogP contribution in [0, 0.1) is 0 Å². The van der Waals surface area contributed by atoms with E-state index in [9.17, 15) is 4.79 Å². The molecule has 12 heavy (non-hydrogen) atoms.